The van der Waals surface area contributed by atoms with E-state index in [2.05, 4.69) is 10.6 Å². The Morgan fingerprint density at radius 3 is 2.21 bits per heavy atom. The Balaban J connectivity index is 4.05. The van der Waals surface area contributed by atoms with Crippen molar-refractivity contribution in [1.29, 1.82) is 0 Å². The maximum atomic E-state index is 11.4. The molecule has 0 aliphatic heterocycles. The Morgan fingerprint density at radius 1 is 1.26 bits per heavy atom. The highest BCUT2D eigenvalue weighted by Gasteiger charge is 2.30. The summed E-state index contributed by atoms with van der Waals surface area (Å²) in [6, 6.07) is -0.616. The summed E-state index contributed by atoms with van der Waals surface area (Å²) >= 11 is 0. The number of carbonyl (C=O) groups is 2. The first kappa shape index (κ1) is 17.6. The summed E-state index contributed by atoms with van der Waals surface area (Å²) < 4.78 is 21.7. The molecule has 0 rings (SSSR count). The molecule has 0 aliphatic rings. The third-order valence-electron chi connectivity index (χ3n) is 2.67. The lowest BCUT2D eigenvalue weighted by molar-refractivity contribution is -0.146. The third kappa shape index (κ3) is 6.39. The number of carbonyl (C=O) groups excluding carboxylic acids is 1. The fourth-order valence-electron chi connectivity index (χ4n) is 0.933. The number of aliphatic hydroxyl groups is 1. The van der Waals surface area contributed by atoms with Crippen molar-refractivity contribution >= 4 is 21.8 Å². The maximum absolute atomic E-state index is 11.4. The van der Waals surface area contributed by atoms with Gasteiger partial charge < -0.3 is 20.8 Å². The van der Waals surface area contributed by atoms with Gasteiger partial charge in [-0.15, -0.1) is 0 Å². The molecule has 0 spiro atoms. The quantitative estimate of drug-likeness (QED) is 0.473. The summed E-state index contributed by atoms with van der Waals surface area (Å²) in [5.41, 5.74) is 0. The normalized spacial score (nSPS) is 13.7. The minimum atomic E-state index is -3.30. The van der Waals surface area contributed by atoms with E-state index in [4.69, 9.17) is 10.2 Å². The van der Waals surface area contributed by atoms with Crippen molar-refractivity contribution in [2.75, 3.05) is 19.3 Å². The fourth-order valence-corrected chi connectivity index (χ4v) is 1.27. The van der Waals surface area contributed by atoms with Gasteiger partial charge in [-0.05, 0) is 13.8 Å². The van der Waals surface area contributed by atoms with Crippen LogP contribution in [-0.4, -0.2) is 60.8 Å². The molecule has 4 N–H and O–H groups in total. The van der Waals surface area contributed by atoms with Crippen molar-refractivity contribution < 1.29 is 28.2 Å². The Bertz CT molecular complexity index is 431. The minimum absolute atomic E-state index is 0.0292. The second-order valence-corrected chi connectivity index (χ2v) is 7.43. The number of nitrogens with one attached hydrogen (secondary N) is 2. The fraction of sp³-hybridized carbons (Fsp3) is 0.800. The lowest BCUT2D eigenvalue weighted by Crippen LogP contribution is -2.47. The van der Waals surface area contributed by atoms with Crippen LogP contribution in [0.25, 0.3) is 0 Å². The molecule has 9 heteroatoms. The van der Waals surface area contributed by atoms with E-state index in [-0.39, 0.29) is 19.5 Å². The van der Waals surface area contributed by atoms with E-state index in [9.17, 15) is 18.0 Å². The molecule has 0 aromatic heterocycles. The van der Waals surface area contributed by atoms with Gasteiger partial charge in [-0.1, -0.05) is 0 Å². The summed E-state index contributed by atoms with van der Waals surface area (Å²) in [7, 11) is -3.30. The van der Waals surface area contributed by atoms with E-state index in [1.165, 1.54) is 13.8 Å². The van der Waals surface area contributed by atoms with E-state index in [1.807, 2.05) is 0 Å². The molecule has 0 aromatic carbocycles. The number of carboxylic acids is 1. The van der Waals surface area contributed by atoms with Crippen LogP contribution in [0.3, 0.4) is 0 Å². The van der Waals surface area contributed by atoms with Crippen LogP contribution in [0.2, 0.25) is 0 Å². The highest BCUT2D eigenvalue weighted by Crippen LogP contribution is 2.13. The largest absolute Gasteiger partial charge is 0.479 e. The first-order valence-electron chi connectivity index (χ1n) is 5.59. The Morgan fingerprint density at radius 2 is 1.79 bits per heavy atom. The zero-order valence-electron chi connectivity index (χ0n) is 11.1. The molecule has 112 valence electrons. The van der Waals surface area contributed by atoms with Gasteiger partial charge >= 0.3 is 12.0 Å². The van der Waals surface area contributed by atoms with E-state index < -0.39 is 32.7 Å². The van der Waals surface area contributed by atoms with Crippen LogP contribution in [0.5, 0.6) is 0 Å². The predicted molar refractivity (Wildman–Crippen MR) is 68.6 cm³/mol. The van der Waals surface area contributed by atoms with E-state index in [0.29, 0.717) is 0 Å². The van der Waals surface area contributed by atoms with Crippen LogP contribution >= 0.6 is 0 Å². The molecule has 0 bridgehead atoms. The maximum Gasteiger partial charge on any atom is 0.332 e. The van der Waals surface area contributed by atoms with Crippen LogP contribution in [0.15, 0.2) is 0 Å². The third-order valence-corrected chi connectivity index (χ3v) is 4.82. The Kier molecular flexibility index (Phi) is 6.23. The van der Waals surface area contributed by atoms with Gasteiger partial charge in [0, 0.05) is 25.8 Å². The molecule has 0 unspecified atom stereocenters. The lowest BCUT2D eigenvalue weighted by atomic mass is 10.2. The molecule has 0 aromatic rings. The average molecular weight is 296 g/mol. The summed E-state index contributed by atoms with van der Waals surface area (Å²) in [5, 5.41) is 22.1. The van der Waals surface area contributed by atoms with Gasteiger partial charge in [0.15, 0.2) is 15.9 Å². The zero-order chi connectivity index (χ0) is 15.3. The number of urea groups is 1. The molecule has 19 heavy (non-hydrogen) atoms. The van der Waals surface area contributed by atoms with Gasteiger partial charge in [-0.25, -0.2) is 18.0 Å². The van der Waals surface area contributed by atoms with Gasteiger partial charge in [-0.3, -0.25) is 0 Å². The van der Waals surface area contributed by atoms with Crippen molar-refractivity contribution in [3.63, 3.8) is 0 Å². The predicted octanol–water partition coefficient (Wildman–Crippen LogP) is -1.06. The van der Waals surface area contributed by atoms with E-state index in [0.717, 1.165) is 6.26 Å². The number of carboxylic acid groups (broad SMARTS) is 1. The number of hydrogen-bond donors (Lipinski definition) is 4. The Hall–Kier alpha value is -1.35. The van der Waals surface area contributed by atoms with Gasteiger partial charge in [0.25, 0.3) is 0 Å². The van der Waals surface area contributed by atoms with Crippen LogP contribution < -0.4 is 10.6 Å². The molecule has 0 saturated carbocycles. The van der Waals surface area contributed by atoms with Crippen LogP contribution in [0, 0.1) is 0 Å². The van der Waals surface area contributed by atoms with Gasteiger partial charge in [0.1, 0.15) is 0 Å². The number of aliphatic carboxylic acids is 1. The van der Waals surface area contributed by atoms with Crippen LogP contribution in [-0.2, 0) is 14.6 Å². The first-order valence-corrected chi connectivity index (χ1v) is 7.48. The summed E-state index contributed by atoms with van der Waals surface area (Å²) in [6.07, 6.45) is -0.582. The highest BCUT2D eigenvalue weighted by molar-refractivity contribution is 7.92. The molecular formula is C10H20N2O6S. The summed E-state index contributed by atoms with van der Waals surface area (Å²) in [6.45, 7) is 2.87. The molecule has 0 saturated heterocycles. The number of hydrogen-bond acceptors (Lipinski definition) is 5. The lowest BCUT2D eigenvalue weighted by Gasteiger charge is -2.22. The second kappa shape index (κ2) is 6.71. The van der Waals surface area contributed by atoms with Crippen molar-refractivity contribution in [3.8, 4) is 0 Å². The SMILES string of the molecule is CC(C)(CNC(=O)NCC[C@H](O)C(=O)O)S(C)(=O)=O. The van der Waals surface area contributed by atoms with Gasteiger partial charge in [0.05, 0.1) is 4.75 Å². The van der Waals surface area contributed by atoms with Crippen molar-refractivity contribution in [3.05, 3.63) is 0 Å². The molecule has 1 atom stereocenters. The molecule has 0 radical (unpaired) electrons. The number of aliphatic hydroxyl groups excluding tert-OH is 1. The molecule has 0 heterocycles. The van der Waals surface area contributed by atoms with Crippen molar-refractivity contribution in [1.82, 2.24) is 10.6 Å². The van der Waals surface area contributed by atoms with Gasteiger partial charge in [0.2, 0.25) is 0 Å². The minimum Gasteiger partial charge on any atom is -0.479 e. The summed E-state index contributed by atoms with van der Waals surface area (Å²) in [4.78, 5) is 21.6. The molecule has 0 aliphatic carbocycles. The number of rotatable bonds is 7. The second-order valence-electron chi connectivity index (χ2n) is 4.78. The van der Waals surface area contributed by atoms with Crippen molar-refractivity contribution in [2.45, 2.75) is 31.1 Å². The molecule has 2 amide bonds. The molecular weight excluding hydrogens is 276 g/mol. The highest BCUT2D eigenvalue weighted by atomic mass is 32.2. The van der Waals surface area contributed by atoms with Crippen LogP contribution in [0.4, 0.5) is 4.79 Å². The summed E-state index contributed by atoms with van der Waals surface area (Å²) in [5.74, 6) is -1.36. The molecule has 0 fully saturated rings. The average Bonchev–Trinajstić information content (AvgIpc) is 2.24. The standard InChI is InChI=1S/C10H20N2O6S/c1-10(2,19(3,17)18)6-12-9(16)11-5-4-7(13)8(14)15/h7,13H,4-6H2,1-3H3,(H,14,15)(H2,11,12,16)/t7-/m0/s1. The van der Waals surface area contributed by atoms with E-state index >= 15 is 0 Å². The monoisotopic (exact) mass is 296 g/mol. The molecule has 8 nitrogen and oxygen atoms in total. The number of sulfone groups is 1. The topological polar surface area (TPSA) is 133 Å². The smallest absolute Gasteiger partial charge is 0.332 e. The van der Waals surface area contributed by atoms with Crippen molar-refractivity contribution in [2.24, 2.45) is 0 Å². The first-order chi connectivity index (χ1) is 8.47. The van der Waals surface area contributed by atoms with Gasteiger partial charge in [-0.2, -0.15) is 0 Å². The van der Waals surface area contributed by atoms with E-state index in [1.54, 1.807) is 0 Å². The zero-order valence-corrected chi connectivity index (χ0v) is 12.0. The Labute approximate surface area is 112 Å². The van der Waals surface area contributed by atoms with Crippen LogP contribution in [0.1, 0.15) is 20.3 Å². The number of amides is 2.